The smallest absolute Gasteiger partial charge is 0.251 e. The summed E-state index contributed by atoms with van der Waals surface area (Å²) in [5.74, 6) is 0.315. The van der Waals surface area contributed by atoms with Gasteiger partial charge in [0.05, 0.1) is 11.7 Å². The van der Waals surface area contributed by atoms with Crippen LogP contribution in [0.4, 0.5) is 4.39 Å². The highest BCUT2D eigenvalue weighted by Crippen LogP contribution is 2.30. The van der Waals surface area contributed by atoms with Gasteiger partial charge in [-0.3, -0.25) is 9.78 Å². The van der Waals surface area contributed by atoms with Gasteiger partial charge in [0.2, 0.25) is 0 Å². The molecular weight excluding hydrogens is 341 g/mol. The van der Waals surface area contributed by atoms with E-state index < -0.39 is 5.82 Å². The molecule has 1 fully saturated rings. The van der Waals surface area contributed by atoms with Gasteiger partial charge in [0, 0.05) is 18.3 Å². The van der Waals surface area contributed by atoms with Crippen molar-refractivity contribution in [3.8, 4) is 0 Å². The highest BCUT2D eigenvalue weighted by Gasteiger charge is 2.30. The lowest BCUT2D eigenvalue weighted by atomic mass is 9.86. The average molecular weight is 369 g/mol. The highest BCUT2D eigenvalue weighted by molar-refractivity contribution is 5.94. The maximum absolute atomic E-state index is 13.5. The number of benzene rings is 1. The minimum absolute atomic E-state index is 0.164. The van der Waals surface area contributed by atoms with E-state index in [1.807, 2.05) is 18.2 Å². The van der Waals surface area contributed by atoms with Gasteiger partial charge < -0.3 is 10.2 Å². The van der Waals surface area contributed by atoms with Gasteiger partial charge in [-0.15, -0.1) is 0 Å². The maximum Gasteiger partial charge on any atom is 0.251 e. The van der Waals surface area contributed by atoms with E-state index in [4.69, 9.17) is 0 Å². The molecule has 1 aromatic heterocycles. The third kappa shape index (κ3) is 5.36. The minimum Gasteiger partial charge on any atom is -0.343 e. The Kier molecular flexibility index (Phi) is 6.56. The lowest BCUT2D eigenvalue weighted by Crippen LogP contribution is -2.42. The molecule has 4 nitrogen and oxygen atoms in total. The molecule has 0 radical (unpaired) electrons. The Hall–Kier alpha value is -2.27. The topological polar surface area (TPSA) is 45.2 Å². The van der Waals surface area contributed by atoms with E-state index in [-0.39, 0.29) is 11.9 Å². The van der Waals surface area contributed by atoms with Crippen molar-refractivity contribution in [2.24, 2.45) is 11.8 Å². The van der Waals surface area contributed by atoms with Crippen molar-refractivity contribution >= 4 is 5.91 Å². The van der Waals surface area contributed by atoms with Crippen LogP contribution in [0.5, 0.6) is 0 Å². The Labute approximate surface area is 160 Å². The Morgan fingerprint density at radius 2 is 2.00 bits per heavy atom. The standard InChI is InChI=1S/C22H28FN3O/c1-16(2)15-26-12-9-17(10-13-26)21(20-8-3-4-11-24-20)25-22(27)18-6-5-7-19(23)14-18/h3-8,11,14,16-17,21H,9-10,12-13,15H2,1-2H3,(H,25,27)/t21-/m0/s1. The van der Waals surface area contributed by atoms with Crippen LogP contribution in [-0.2, 0) is 0 Å². The zero-order chi connectivity index (χ0) is 19.2. The summed E-state index contributed by atoms with van der Waals surface area (Å²) in [6, 6.07) is 11.4. The number of hydrogen-bond acceptors (Lipinski definition) is 3. The average Bonchev–Trinajstić information content (AvgIpc) is 2.67. The molecule has 1 amide bonds. The Morgan fingerprint density at radius 1 is 1.22 bits per heavy atom. The number of nitrogens with zero attached hydrogens (tertiary/aromatic N) is 2. The normalized spacial score (nSPS) is 17.0. The molecule has 1 N–H and O–H groups in total. The van der Waals surface area contributed by atoms with Gasteiger partial charge in [0.25, 0.3) is 5.91 Å². The molecule has 5 heteroatoms. The number of rotatable bonds is 6. The Balaban J connectivity index is 1.74. The van der Waals surface area contributed by atoms with Crippen molar-refractivity contribution in [3.05, 3.63) is 65.7 Å². The summed E-state index contributed by atoms with van der Waals surface area (Å²) in [7, 11) is 0. The second-order valence-corrected chi connectivity index (χ2v) is 7.75. The van der Waals surface area contributed by atoms with Crippen molar-refractivity contribution in [2.45, 2.75) is 32.7 Å². The molecule has 0 saturated carbocycles. The largest absolute Gasteiger partial charge is 0.343 e. The quantitative estimate of drug-likeness (QED) is 0.835. The number of hydrogen-bond donors (Lipinski definition) is 1. The van der Waals surface area contributed by atoms with E-state index >= 15 is 0 Å². The maximum atomic E-state index is 13.5. The molecular formula is C22H28FN3O. The third-order valence-electron chi connectivity index (χ3n) is 5.11. The van der Waals surface area contributed by atoms with Crippen molar-refractivity contribution in [1.82, 2.24) is 15.2 Å². The van der Waals surface area contributed by atoms with E-state index in [0.717, 1.165) is 38.2 Å². The van der Waals surface area contributed by atoms with Crippen LogP contribution in [0.25, 0.3) is 0 Å². The summed E-state index contributed by atoms with van der Waals surface area (Å²) >= 11 is 0. The highest BCUT2D eigenvalue weighted by atomic mass is 19.1. The van der Waals surface area contributed by atoms with Crippen LogP contribution in [-0.4, -0.2) is 35.4 Å². The number of carbonyl (C=O) groups excluding carboxylic acids is 1. The number of amides is 1. The van der Waals surface area contributed by atoms with Crippen molar-refractivity contribution in [1.29, 1.82) is 0 Å². The number of piperidine rings is 1. The molecule has 27 heavy (non-hydrogen) atoms. The van der Waals surface area contributed by atoms with E-state index in [1.165, 1.54) is 12.1 Å². The monoisotopic (exact) mass is 369 g/mol. The molecule has 1 aliphatic rings. The van der Waals surface area contributed by atoms with Crippen LogP contribution in [0.1, 0.15) is 48.8 Å². The minimum atomic E-state index is -0.404. The van der Waals surface area contributed by atoms with Gasteiger partial charge in [0.15, 0.2) is 0 Å². The van der Waals surface area contributed by atoms with Gasteiger partial charge in [-0.1, -0.05) is 26.0 Å². The fraction of sp³-hybridized carbons (Fsp3) is 0.455. The second kappa shape index (κ2) is 9.09. The zero-order valence-electron chi connectivity index (χ0n) is 16.1. The molecule has 3 rings (SSSR count). The van der Waals surface area contributed by atoms with Crippen molar-refractivity contribution in [2.75, 3.05) is 19.6 Å². The molecule has 144 valence electrons. The fourth-order valence-corrected chi connectivity index (χ4v) is 3.83. The van der Waals surface area contributed by atoms with Gasteiger partial charge >= 0.3 is 0 Å². The van der Waals surface area contributed by atoms with Crippen LogP contribution in [0.3, 0.4) is 0 Å². The van der Waals surface area contributed by atoms with Crippen LogP contribution >= 0.6 is 0 Å². The van der Waals surface area contributed by atoms with Gasteiger partial charge in [-0.2, -0.15) is 0 Å². The van der Waals surface area contributed by atoms with Gasteiger partial charge in [-0.05, 0) is 68.1 Å². The molecule has 0 bridgehead atoms. The van der Waals surface area contributed by atoms with E-state index in [2.05, 4.69) is 29.0 Å². The summed E-state index contributed by atoms with van der Waals surface area (Å²) in [6.07, 6.45) is 3.78. The molecule has 1 saturated heterocycles. The second-order valence-electron chi connectivity index (χ2n) is 7.75. The van der Waals surface area contributed by atoms with Crippen molar-refractivity contribution in [3.63, 3.8) is 0 Å². The van der Waals surface area contributed by atoms with Crippen LogP contribution < -0.4 is 5.32 Å². The number of nitrogens with one attached hydrogen (secondary N) is 1. The van der Waals surface area contributed by atoms with Gasteiger partial charge in [-0.25, -0.2) is 4.39 Å². The Bertz CT molecular complexity index is 742. The number of likely N-dealkylation sites (tertiary alicyclic amines) is 1. The first-order valence-corrected chi connectivity index (χ1v) is 9.72. The summed E-state index contributed by atoms with van der Waals surface area (Å²) in [4.78, 5) is 19.7. The van der Waals surface area contributed by atoms with Crippen LogP contribution in [0, 0.1) is 17.7 Å². The SMILES string of the molecule is CC(C)CN1CCC([C@H](NC(=O)c2cccc(F)c2)c2ccccn2)CC1. The fourth-order valence-electron chi connectivity index (χ4n) is 3.83. The van der Waals surface area contributed by atoms with Gasteiger partial charge in [0.1, 0.15) is 5.82 Å². The van der Waals surface area contributed by atoms with Crippen molar-refractivity contribution < 1.29 is 9.18 Å². The number of pyridine rings is 1. The number of halogens is 1. The molecule has 0 spiro atoms. The lowest BCUT2D eigenvalue weighted by Gasteiger charge is -2.36. The molecule has 0 aliphatic carbocycles. The lowest BCUT2D eigenvalue weighted by molar-refractivity contribution is 0.0886. The number of carbonyl (C=O) groups is 1. The van der Waals surface area contributed by atoms with E-state index in [9.17, 15) is 9.18 Å². The third-order valence-corrected chi connectivity index (χ3v) is 5.11. The van der Waals surface area contributed by atoms with E-state index in [0.29, 0.717) is 17.4 Å². The predicted molar refractivity (Wildman–Crippen MR) is 105 cm³/mol. The number of aromatic nitrogens is 1. The first-order valence-electron chi connectivity index (χ1n) is 9.72. The summed E-state index contributed by atoms with van der Waals surface area (Å²) in [5, 5.41) is 3.12. The predicted octanol–water partition coefficient (Wildman–Crippen LogP) is 4.06. The zero-order valence-corrected chi connectivity index (χ0v) is 16.1. The first kappa shape index (κ1) is 19.5. The van der Waals surface area contributed by atoms with Crippen LogP contribution in [0.2, 0.25) is 0 Å². The molecule has 2 aromatic rings. The molecule has 1 atom stereocenters. The molecule has 1 aliphatic heterocycles. The Morgan fingerprint density at radius 3 is 2.63 bits per heavy atom. The first-order chi connectivity index (χ1) is 13.0. The summed E-state index contributed by atoms with van der Waals surface area (Å²) in [5.41, 5.74) is 1.21. The summed E-state index contributed by atoms with van der Waals surface area (Å²) in [6.45, 7) is 7.64. The molecule has 1 aromatic carbocycles. The molecule has 2 heterocycles. The van der Waals surface area contributed by atoms with E-state index in [1.54, 1.807) is 18.3 Å². The van der Waals surface area contributed by atoms with Crippen LogP contribution in [0.15, 0.2) is 48.7 Å². The summed E-state index contributed by atoms with van der Waals surface area (Å²) < 4.78 is 13.5. The molecule has 0 unspecified atom stereocenters.